The number of carbonyl (C=O) groups excluding carboxylic acids is 1. The third-order valence-corrected chi connectivity index (χ3v) is 4.13. The molecule has 0 amide bonds. The predicted octanol–water partition coefficient (Wildman–Crippen LogP) is 3.81. The van der Waals surface area contributed by atoms with Crippen LogP contribution in [0.5, 0.6) is 0 Å². The van der Waals surface area contributed by atoms with Crippen molar-refractivity contribution < 1.29 is 9.63 Å². The van der Waals surface area contributed by atoms with Crippen molar-refractivity contribution in [3.05, 3.63) is 64.1 Å². The molecule has 0 aliphatic heterocycles. The zero-order chi connectivity index (χ0) is 14.7. The number of para-hydroxylation sites is 1. The summed E-state index contributed by atoms with van der Waals surface area (Å²) in [7, 11) is 0. The van der Waals surface area contributed by atoms with Gasteiger partial charge in [0.15, 0.2) is 0 Å². The van der Waals surface area contributed by atoms with E-state index in [1.807, 2.05) is 42.5 Å². The van der Waals surface area contributed by atoms with Gasteiger partial charge in [-0.25, -0.2) is 9.78 Å². The van der Waals surface area contributed by atoms with Crippen LogP contribution in [0.25, 0.3) is 10.2 Å². The number of thiazole rings is 1. The third kappa shape index (κ3) is 3.21. The van der Waals surface area contributed by atoms with Crippen molar-refractivity contribution in [2.24, 2.45) is 0 Å². The highest BCUT2D eigenvalue weighted by Crippen LogP contribution is 2.28. The Balaban J connectivity index is 1.65. The molecule has 2 aromatic carbocycles. The largest absolute Gasteiger partial charge is 0.386 e. The zero-order valence-electron chi connectivity index (χ0n) is 10.9. The summed E-state index contributed by atoms with van der Waals surface area (Å²) in [6.45, 7) is 0.443. The van der Waals surface area contributed by atoms with Gasteiger partial charge in [0.1, 0.15) is 5.52 Å². The molecule has 0 aliphatic carbocycles. The van der Waals surface area contributed by atoms with Gasteiger partial charge in [-0.3, -0.25) is 0 Å². The number of hydrogen-bond donors (Lipinski definition) is 1. The van der Waals surface area contributed by atoms with E-state index in [0.717, 1.165) is 10.3 Å². The Labute approximate surface area is 130 Å². The number of aromatic nitrogens is 1. The van der Waals surface area contributed by atoms with Crippen LogP contribution in [0.15, 0.2) is 48.5 Å². The summed E-state index contributed by atoms with van der Waals surface area (Å²) in [6.07, 6.45) is 0. The molecular weight excluding hydrogens is 308 g/mol. The molecule has 1 N–H and O–H groups in total. The van der Waals surface area contributed by atoms with E-state index in [0.29, 0.717) is 17.1 Å². The van der Waals surface area contributed by atoms with Crippen LogP contribution in [0.3, 0.4) is 0 Å². The van der Waals surface area contributed by atoms with E-state index in [9.17, 15) is 4.79 Å². The van der Waals surface area contributed by atoms with Crippen LogP contribution in [-0.2, 0) is 11.4 Å². The highest BCUT2D eigenvalue weighted by atomic mass is 35.5. The van der Waals surface area contributed by atoms with Crippen LogP contribution >= 0.6 is 22.9 Å². The lowest BCUT2D eigenvalue weighted by Gasteiger charge is -2.03. The quantitative estimate of drug-likeness (QED) is 0.743. The molecule has 3 aromatic rings. The van der Waals surface area contributed by atoms with Crippen LogP contribution in [0.4, 0.5) is 0 Å². The average Bonchev–Trinajstić information content (AvgIpc) is 2.94. The van der Waals surface area contributed by atoms with Crippen molar-refractivity contribution in [1.29, 1.82) is 0 Å². The zero-order valence-corrected chi connectivity index (χ0v) is 12.4. The highest BCUT2D eigenvalue weighted by molar-refractivity contribution is 7.20. The van der Waals surface area contributed by atoms with Crippen molar-refractivity contribution in [3.63, 3.8) is 0 Å². The third-order valence-electron chi connectivity index (χ3n) is 2.83. The van der Waals surface area contributed by atoms with Crippen molar-refractivity contribution >= 4 is 39.1 Å². The minimum atomic E-state index is -0.511. The van der Waals surface area contributed by atoms with Gasteiger partial charge in [0.05, 0.1) is 16.3 Å². The van der Waals surface area contributed by atoms with Gasteiger partial charge in [0.25, 0.3) is 0 Å². The van der Waals surface area contributed by atoms with E-state index < -0.39 is 5.97 Å². The lowest BCUT2D eigenvalue weighted by molar-refractivity contribution is 0.0237. The highest BCUT2D eigenvalue weighted by Gasteiger charge is 2.15. The maximum absolute atomic E-state index is 11.9. The molecular formula is C15H11ClN2O2S. The van der Waals surface area contributed by atoms with Crippen molar-refractivity contribution in [1.82, 2.24) is 10.5 Å². The summed E-state index contributed by atoms with van der Waals surface area (Å²) in [5.74, 6) is -0.511. The van der Waals surface area contributed by atoms with E-state index in [-0.39, 0.29) is 5.01 Å². The summed E-state index contributed by atoms with van der Waals surface area (Å²) in [5, 5.41) is 0.804. The Morgan fingerprint density at radius 1 is 1.19 bits per heavy atom. The first-order valence-corrected chi connectivity index (χ1v) is 7.46. The van der Waals surface area contributed by atoms with E-state index in [4.69, 9.17) is 16.4 Å². The SMILES string of the molecule is O=C(ONCc1ccccc1)c1nc2c(Cl)cccc2s1. The number of hydroxylamine groups is 1. The molecule has 0 radical (unpaired) electrons. The lowest BCUT2D eigenvalue weighted by Crippen LogP contribution is -2.19. The number of fused-ring (bicyclic) bond motifs is 1. The van der Waals surface area contributed by atoms with Gasteiger partial charge < -0.3 is 4.84 Å². The number of hydrogen-bond acceptors (Lipinski definition) is 5. The molecule has 4 nitrogen and oxygen atoms in total. The Morgan fingerprint density at radius 2 is 2.00 bits per heavy atom. The maximum atomic E-state index is 11.9. The van der Waals surface area contributed by atoms with E-state index >= 15 is 0 Å². The van der Waals surface area contributed by atoms with Crippen LogP contribution < -0.4 is 5.48 Å². The van der Waals surface area contributed by atoms with E-state index in [1.54, 1.807) is 6.07 Å². The number of rotatable bonds is 4. The average molecular weight is 319 g/mol. The summed E-state index contributed by atoms with van der Waals surface area (Å²) in [5.41, 5.74) is 4.29. The molecule has 0 aliphatic rings. The van der Waals surface area contributed by atoms with E-state index in [2.05, 4.69) is 10.5 Å². The van der Waals surface area contributed by atoms with Gasteiger partial charge in [-0.05, 0) is 17.7 Å². The first-order chi connectivity index (χ1) is 10.2. The monoisotopic (exact) mass is 318 g/mol. The predicted molar refractivity (Wildman–Crippen MR) is 83.3 cm³/mol. The smallest absolute Gasteiger partial charge is 0.365 e. The maximum Gasteiger partial charge on any atom is 0.386 e. The second-order valence-electron chi connectivity index (χ2n) is 4.30. The fraction of sp³-hybridized carbons (Fsp3) is 0.0667. The molecule has 0 unspecified atom stereocenters. The Bertz CT molecular complexity index is 774. The molecule has 6 heteroatoms. The molecule has 0 fully saturated rings. The summed E-state index contributed by atoms with van der Waals surface area (Å²) in [6, 6.07) is 15.1. The molecule has 0 bridgehead atoms. The Hall–Kier alpha value is -1.95. The minimum Gasteiger partial charge on any atom is -0.365 e. The van der Waals surface area contributed by atoms with Crippen molar-refractivity contribution in [3.8, 4) is 0 Å². The molecule has 106 valence electrons. The standard InChI is InChI=1S/C15H11ClN2O2S/c16-11-7-4-8-12-13(11)18-14(21-12)15(19)20-17-9-10-5-2-1-3-6-10/h1-8,17H,9H2. The molecule has 3 rings (SSSR count). The number of nitrogens with zero attached hydrogens (tertiary/aromatic N) is 1. The van der Waals surface area contributed by atoms with Gasteiger partial charge in [-0.1, -0.05) is 48.0 Å². The Morgan fingerprint density at radius 3 is 2.76 bits per heavy atom. The number of benzene rings is 2. The first kappa shape index (κ1) is 14.0. The number of halogens is 1. The van der Waals surface area contributed by atoms with Crippen molar-refractivity contribution in [2.75, 3.05) is 0 Å². The normalized spacial score (nSPS) is 10.7. The molecule has 0 spiro atoms. The molecule has 1 aromatic heterocycles. The summed E-state index contributed by atoms with van der Waals surface area (Å²) < 4.78 is 0.859. The lowest BCUT2D eigenvalue weighted by atomic mass is 10.2. The van der Waals surface area contributed by atoms with Gasteiger partial charge in [0, 0.05) is 0 Å². The second-order valence-corrected chi connectivity index (χ2v) is 5.74. The molecule has 21 heavy (non-hydrogen) atoms. The van der Waals surface area contributed by atoms with Gasteiger partial charge in [0.2, 0.25) is 5.01 Å². The molecule has 0 atom stereocenters. The van der Waals surface area contributed by atoms with Crippen LogP contribution in [0, 0.1) is 0 Å². The Kier molecular flexibility index (Phi) is 4.15. The summed E-state index contributed by atoms with van der Waals surface area (Å²) >= 11 is 7.29. The number of carbonyl (C=O) groups is 1. The molecule has 0 saturated carbocycles. The van der Waals surface area contributed by atoms with Gasteiger partial charge in [-0.2, -0.15) is 0 Å². The van der Waals surface area contributed by atoms with Crippen molar-refractivity contribution in [2.45, 2.75) is 6.54 Å². The van der Waals surface area contributed by atoms with E-state index in [1.165, 1.54) is 11.3 Å². The first-order valence-electron chi connectivity index (χ1n) is 6.27. The topological polar surface area (TPSA) is 51.2 Å². The minimum absolute atomic E-state index is 0.277. The van der Waals surface area contributed by atoms with Crippen LogP contribution in [-0.4, -0.2) is 11.0 Å². The van der Waals surface area contributed by atoms with Crippen LogP contribution in [0.1, 0.15) is 15.4 Å². The molecule has 1 heterocycles. The van der Waals surface area contributed by atoms with Crippen LogP contribution in [0.2, 0.25) is 5.02 Å². The fourth-order valence-corrected chi connectivity index (χ4v) is 2.97. The van der Waals surface area contributed by atoms with Gasteiger partial charge >= 0.3 is 5.97 Å². The second kappa shape index (κ2) is 6.22. The van der Waals surface area contributed by atoms with Gasteiger partial charge in [-0.15, -0.1) is 16.8 Å². The number of nitrogens with one attached hydrogen (secondary N) is 1. The fourth-order valence-electron chi connectivity index (χ4n) is 1.83. The molecule has 0 saturated heterocycles. The summed E-state index contributed by atoms with van der Waals surface area (Å²) in [4.78, 5) is 21.2.